The highest BCUT2D eigenvalue weighted by atomic mass is 16.7. The smallest absolute Gasteiger partial charge is 0.242 e. The molecule has 1 spiro atoms. The quantitative estimate of drug-likeness (QED) is 0.556. The van der Waals surface area contributed by atoms with Gasteiger partial charge >= 0.3 is 0 Å². The number of ether oxygens (including phenoxy) is 3. The molecule has 2 aliphatic heterocycles. The molecule has 2 aromatic rings. The summed E-state index contributed by atoms with van der Waals surface area (Å²) in [6.45, 7) is 9.13. The number of hydrogen-bond acceptors (Lipinski definition) is 6. The van der Waals surface area contributed by atoms with Gasteiger partial charge in [0, 0.05) is 58.7 Å². The summed E-state index contributed by atoms with van der Waals surface area (Å²) in [7, 11) is 2.00. The average Bonchev–Trinajstić information content (AvgIpc) is 3.31. The molecule has 2 aliphatic rings. The van der Waals surface area contributed by atoms with Gasteiger partial charge in [-0.3, -0.25) is 9.59 Å². The summed E-state index contributed by atoms with van der Waals surface area (Å²) in [6, 6.07) is 13.9. The molecule has 2 amide bonds. The number of benzene rings is 2. The first-order valence-corrected chi connectivity index (χ1v) is 12.6. The summed E-state index contributed by atoms with van der Waals surface area (Å²) in [5, 5.41) is 0. The van der Waals surface area contributed by atoms with Gasteiger partial charge in [0.15, 0.2) is 5.79 Å². The number of likely N-dealkylation sites (N-methyl/N-ethyl adjacent to an activating group) is 1. The lowest BCUT2D eigenvalue weighted by Gasteiger charge is -2.38. The summed E-state index contributed by atoms with van der Waals surface area (Å²) in [4.78, 5) is 30.8. The van der Waals surface area contributed by atoms with Crippen LogP contribution in [0.1, 0.15) is 30.9 Å². The second-order valence-electron chi connectivity index (χ2n) is 9.67. The Balaban J connectivity index is 1.30. The van der Waals surface area contributed by atoms with Crippen LogP contribution >= 0.6 is 0 Å². The van der Waals surface area contributed by atoms with E-state index in [0.29, 0.717) is 52.2 Å². The zero-order valence-corrected chi connectivity index (χ0v) is 21.8. The summed E-state index contributed by atoms with van der Waals surface area (Å²) in [5.74, 6) is 0.970. The van der Waals surface area contributed by atoms with Gasteiger partial charge in [-0.1, -0.05) is 18.2 Å². The van der Waals surface area contributed by atoms with Gasteiger partial charge in [-0.15, -0.1) is 0 Å². The molecule has 2 aromatic carbocycles. The molecule has 2 saturated heterocycles. The molecule has 36 heavy (non-hydrogen) atoms. The Morgan fingerprint density at radius 2 is 1.69 bits per heavy atom. The third-order valence-electron chi connectivity index (χ3n) is 7.07. The molecule has 0 unspecified atom stereocenters. The lowest BCUT2D eigenvalue weighted by atomic mass is 10.0. The van der Waals surface area contributed by atoms with Crippen molar-refractivity contribution in [2.45, 2.75) is 39.4 Å². The lowest BCUT2D eigenvalue weighted by molar-refractivity contribution is -0.187. The highest BCUT2D eigenvalue weighted by molar-refractivity contribution is 5.84. The molecule has 8 nitrogen and oxygen atoms in total. The Labute approximate surface area is 213 Å². The molecule has 4 rings (SSSR count). The molecule has 194 valence electrons. The third-order valence-corrected chi connectivity index (χ3v) is 7.07. The fourth-order valence-corrected chi connectivity index (χ4v) is 4.80. The second-order valence-corrected chi connectivity index (χ2v) is 9.67. The first-order chi connectivity index (χ1) is 17.3. The van der Waals surface area contributed by atoms with E-state index in [4.69, 9.17) is 14.2 Å². The molecule has 0 N–H and O–H groups in total. The topological polar surface area (TPSA) is 71.6 Å². The molecule has 0 saturated carbocycles. The molecule has 0 atom stereocenters. The van der Waals surface area contributed by atoms with Gasteiger partial charge in [0.2, 0.25) is 11.8 Å². The molecular weight excluding hydrogens is 458 g/mol. The minimum absolute atomic E-state index is 0.0328. The van der Waals surface area contributed by atoms with E-state index in [1.165, 1.54) is 6.92 Å². The zero-order chi connectivity index (χ0) is 25.7. The molecule has 0 aromatic heterocycles. The van der Waals surface area contributed by atoms with Crippen LogP contribution in [0.4, 0.5) is 5.69 Å². The predicted octanol–water partition coefficient (Wildman–Crippen LogP) is 3.75. The van der Waals surface area contributed by atoms with Crippen LogP contribution in [0.15, 0.2) is 42.5 Å². The first kappa shape index (κ1) is 26.0. The van der Waals surface area contributed by atoms with Crippen molar-refractivity contribution >= 4 is 17.5 Å². The number of piperidine rings is 1. The first-order valence-electron chi connectivity index (χ1n) is 12.6. The number of hydrogen-bond donors (Lipinski definition) is 0. The fourth-order valence-electron chi connectivity index (χ4n) is 4.80. The third kappa shape index (κ3) is 6.17. The minimum Gasteiger partial charge on any atom is -0.457 e. The molecule has 0 radical (unpaired) electrons. The van der Waals surface area contributed by atoms with E-state index in [0.717, 1.165) is 28.3 Å². The Morgan fingerprint density at radius 3 is 2.33 bits per heavy atom. The zero-order valence-electron chi connectivity index (χ0n) is 21.8. The van der Waals surface area contributed by atoms with Crippen molar-refractivity contribution in [3.8, 4) is 11.5 Å². The van der Waals surface area contributed by atoms with Crippen molar-refractivity contribution in [2.75, 3.05) is 57.9 Å². The average molecular weight is 496 g/mol. The van der Waals surface area contributed by atoms with Crippen LogP contribution in [-0.4, -0.2) is 80.4 Å². The monoisotopic (exact) mass is 495 g/mol. The number of carbonyl (C=O) groups is 2. The molecule has 0 bridgehead atoms. The SMILES string of the molecule is CC(=O)N(CCN(C)c1ccc(Oc2ccccc2C)cc1C)CC(=O)N1CCC2(CC1)OCCO2. The summed E-state index contributed by atoms with van der Waals surface area (Å²) in [5.41, 5.74) is 3.21. The Kier molecular flexibility index (Phi) is 8.16. The Bertz CT molecular complexity index is 1070. The van der Waals surface area contributed by atoms with E-state index in [1.54, 1.807) is 4.90 Å². The minimum atomic E-state index is -0.516. The van der Waals surface area contributed by atoms with E-state index in [2.05, 4.69) is 4.90 Å². The fraction of sp³-hybridized carbons (Fsp3) is 0.500. The van der Waals surface area contributed by atoms with Crippen LogP contribution < -0.4 is 9.64 Å². The van der Waals surface area contributed by atoms with Gasteiger partial charge in [0.1, 0.15) is 11.5 Å². The van der Waals surface area contributed by atoms with Crippen molar-refractivity contribution in [3.63, 3.8) is 0 Å². The van der Waals surface area contributed by atoms with Crippen LogP contribution in [0, 0.1) is 13.8 Å². The Hall–Kier alpha value is -3.10. The van der Waals surface area contributed by atoms with Gasteiger partial charge in [-0.05, 0) is 49.2 Å². The summed E-state index contributed by atoms with van der Waals surface area (Å²) < 4.78 is 17.6. The van der Waals surface area contributed by atoms with Crippen molar-refractivity contribution < 1.29 is 23.8 Å². The van der Waals surface area contributed by atoms with Gasteiger partial charge in [0.25, 0.3) is 0 Å². The number of aryl methyl sites for hydroxylation is 2. The number of carbonyl (C=O) groups excluding carboxylic acids is 2. The lowest BCUT2D eigenvalue weighted by Crippen LogP contribution is -2.51. The summed E-state index contributed by atoms with van der Waals surface area (Å²) in [6.07, 6.45) is 1.34. The molecule has 0 aliphatic carbocycles. The standard InChI is InChI=1S/C28H37N3O5/c1-21-7-5-6-8-26(21)36-24-9-10-25(22(2)19-24)29(4)15-16-31(23(3)32)20-27(33)30-13-11-28(12-14-30)34-17-18-35-28/h5-10,19H,11-18,20H2,1-4H3. The predicted molar refractivity (Wildman–Crippen MR) is 138 cm³/mol. The maximum Gasteiger partial charge on any atom is 0.242 e. The van der Waals surface area contributed by atoms with Crippen molar-refractivity contribution in [1.29, 1.82) is 0 Å². The molecular formula is C28H37N3O5. The largest absolute Gasteiger partial charge is 0.457 e. The van der Waals surface area contributed by atoms with E-state index in [9.17, 15) is 9.59 Å². The maximum atomic E-state index is 12.9. The number of rotatable bonds is 8. The number of anilines is 1. The number of para-hydroxylation sites is 1. The van der Waals surface area contributed by atoms with E-state index >= 15 is 0 Å². The Morgan fingerprint density at radius 1 is 1.00 bits per heavy atom. The van der Waals surface area contributed by atoms with E-state index in [1.807, 2.05) is 68.3 Å². The van der Waals surface area contributed by atoms with Crippen molar-refractivity contribution in [3.05, 3.63) is 53.6 Å². The van der Waals surface area contributed by atoms with Crippen LogP contribution in [0.2, 0.25) is 0 Å². The number of nitrogens with zero attached hydrogens (tertiary/aromatic N) is 3. The highest BCUT2D eigenvalue weighted by Crippen LogP contribution is 2.31. The second kappa shape index (κ2) is 11.3. The van der Waals surface area contributed by atoms with Gasteiger partial charge < -0.3 is 28.9 Å². The van der Waals surface area contributed by atoms with Gasteiger partial charge in [-0.25, -0.2) is 0 Å². The molecule has 8 heteroatoms. The van der Waals surface area contributed by atoms with Crippen molar-refractivity contribution in [1.82, 2.24) is 9.80 Å². The summed E-state index contributed by atoms with van der Waals surface area (Å²) >= 11 is 0. The van der Waals surface area contributed by atoms with Gasteiger partial charge in [-0.2, -0.15) is 0 Å². The number of likely N-dealkylation sites (tertiary alicyclic amines) is 1. The van der Waals surface area contributed by atoms with E-state index in [-0.39, 0.29) is 18.4 Å². The number of amides is 2. The van der Waals surface area contributed by atoms with Crippen molar-refractivity contribution in [2.24, 2.45) is 0 Å². The van der Waals surface area contributed by atoms with Crippen LogP contribution in [0.5, 0.6) is 11.5 Å². The molecule has 2 heterocycles. The van der Waals surface area contributed by atoms with Crippen LogP contribution in [0.3, 0.4) is 0 Å². The van der Waals surface area contributed by atoms with Gasteiger partial charge in [0.05, 0.1) is 19.8 Å². The highest BCUT2D eigenvalue weighted by Gasteiger charge is 2.40. The normalized spacial score (nSPS) is 16.7. The van der Waals surface area contributed by atoms with Crippen LogP contribution in [0.25, 0.3) is 0 Å². The van der Waals surface area contributed by atoms with E-state index < -0.39 is 5.79 Å². The molecule has 2 fully saturated rings. The van der Waals surface area contributed by atoms with Crippen LogP contribution in [-0.2, 0) is 19.1 Å². The maximum absolute atomic E-state index is 12.9.